The first kappa shape index (κ1) is 12.2. The van der Waals surface area contributed by atoms with Gasteiger partial charge in [-0.05, 0) is 18.2 Å². The highest BCUT2D eigenvalue weighted by Crippen LogP contribution is 2.22. The van der Waals surface area contributed by atoms with Crippen LogP contribution in [0.15, 0.2) is 24.5 Å². The molecule has 0 spiro atoms. The van der Waals surface area contributed by atoms with Gasteiger partial charge in [-0.2, -0.15) is 0 Å². The largest absolute Gasteiger partial charge is 0.358 e. The molecule has 1 amide bonds. The van der Waals surface area contributed by atoms with Crippen LogP contribution in [0.25, 0.3) is 10.9 Å². The van der Waals surface area contributed by atoms with E-state index in [9.17, 15) is 9.18 Å². The molecule has 0 aliphatic carbocycles. The van der Waals surface area contributed by atoms with Gasteiger partial charge in [0.15, 0.2) is 0 Å². The number of hydrogen-bond acceptors (Lipinski definition) is 4. The molecular formula is C12H13FN4O. The fraction of sp³-hybridized carbons (Fsp3) is 0.250. The van der Waals surface area contributed by atoms with E-state index in [1.165, 1.54) is 18.5 Å². The van der Waals surface area contributed by atoms with Crippen LogP contribution in [0.3, 0.4) is 0 Å². The molecule has 1 heterocycles. The number of nitrogens with zero attached hydrogens (tertiary/aromatic N) is 3. The number of likely N-dealkylation sites (N-methyl/N-ethyl adjacent to an activating group) is 2. The van der Waals surface area contributed by atoms with Gasteiger partial charge < -0.3 is 10.2 Å². The van der Waals surface area contributed by atoms with Gasteiger partial charge in [0, 0.05) is 19.5 Å². The average Bonchev–Trinajstić information content (AvgIpc) is 2.37. The van der Waals surface area contributed by atoms with Crippen LogP contribution in [0.2, 0.25) is 0 Å². The van der Waals surface area contributed by atoms with Crippen LogP contribution < -0.4 is 10.2 Å². The summed E-state index contributed by atoms with van der Waals surface area (Å²) in [5.74, 6) is 0.0376. The molecule has 94 valence electrons. The topological polar surface area (TPSA) is 58.1 Å². The molecule has 0 radical (unpaired) electrons. The summed E-state index contributed by atoms with van der Waals surface area (Å²) in [5, 5.41) is 3.11. The zero-order valence-electron chi connectivity index (χ0n) is 10.1. The molecule has 1 aromatic carbocycles. The van der Waals surface area contributed by atoms with Gasteiger partial charge in [-0.15, -0.1) is 0 Å². The Morgan fingerprint density at radius 3 is 2.94 bits per heavy atom. The summed E-state index contributed by atoms with van der Waals surface area (Å²) in [4.78, 5) is 21.1. The van der Waals surface area contributed by atoms with Gasteiger partial charge in [-0.1, -0.05) is 0 Å². The average molecular weight is 248 g/mol. The van der Waals surface area contributed by atoms with Crippen molar-refractivity contribution in [3.8, 4) is 0 Å². The molecule has 0 aliphatic heterocycles. The zero-order chi connectivity index (χ0) is 13.1. The molecule has 0 aliphatic rings. The molecule has 1 N–H and O–H groups in total. The minimum atomic E-state index is -0.355. The summed E-state index contributed by atoms with van der Waals surface area (Å²) in [7, 11) is 3.29. The summed E-state index contributed by atoms with van der Waals surface area (Å²) >= 11 is 0. The van der Waals surface area contributed by atoms with Crippen LogP contribution in [-0.4, -0.2) is 36.5 Å². The number of carbonyl (C=O) groups is 1. The number of carbonyl (C=O) groups excluding carboxylic acids is 1. The Labute approximate surface area is 104 Å². The van der Waals surface area contributed by atoms with Crippen LogP contribution in [-0.2, 0) is 4.79 Å². The quantitative estimate of drug-likeness (QED) is 0.878. The Hall–Kier alpha value is -2.24. The molecule has 1 aromatic heterocycles. The molecule has 0 saturated heterocycles. The third kappa shape index (κ3) is 2.37. The van der Waals surface area contributed by atoms with E-state index in [1.54, 1.807) is 25.1 Å². The highest BCUT2D eigenvalue weighted by atomic mass is 19.1. The summed E-state index contributed by atoms with van der Waals surface area (Å²) in [6.45, 7) is 0.152. The van der Waals surface area contributed by atoms with E-state index in [0.717, 1.165) is 0 Å². The minimum absolute atomic E-state index is 0.138. The molecule has 0 bridgehead atoms. The first-order chi connectivity index (χ1) is 8.61. The predicted molar refractivity (Wildman–Crippen MR) is 66.8 cm³/mol. The Balaban J connectivity index is 2.43. The van der Waals surface area contributed by atoms with E-state index in [4.69, 9.17) is 0 Å². The van der Waals surface area contributed by atoms with Gasteiger partial charge in [0.1, 0.15) is 18.0 Å². The van der Waals surface area contributed by atoms with Gasteiger partial charge >= 0.3 is 0 Å². The Kier molecular flexibility index (Phi) is 3.36. The van der Waals surface area contributed by atoms with Crippen molar-refractivity contribution in [1.82, 2.24) is 15.3 Å². The first-order valence-electron chi connectivity index (χ1n) is 5.44. The number of halogens is 1. The summed E-state index contributed by atoms with van der Waals surface area (Å²) in [6.07, 6.45) is 1.40. The molecule has 6 heteroatoms. The summed E-state index contributed by atoms with van der Waals surface area (Å²) in [6, 6.07) is 4.30. The van der Waals surface area contributed by atoms with Gasteiger partial charge in [-0.3, -0.25) is 4.79 Å². The molecule has 18 heavy (non-hydrogen) atoms. The lowest BCUT2D eigenvalue weighted by Gasteiger charge is -2.18. The van der Waals surface area contributed by atoms with Crippen molar-refractivity contribution in [1.29, 1.82) is 0 Å². The highest BCUT2D eigenvalue weighted by molar-refractivity contribution is 5.91. The lowest BCUT2D eigenvalue weighted by molar-refractivity contribution is -0.119. The number of amides is 1. The van der Waals surface area contributed by atoms with Crippen LogP contribution >= 0.6 is 0 Å². The van der Waals surface area contributed by atoms with Crippen molar-refractivity contribution >= 4 is 22.6 Å². The molecule has 2 aromatic rings. The standard InChI is InChI=1S/C12H13FN4O/c1-14-11(18)6-17(2)12-9-5-8(13)3-4-10(9)15-7-16-12/h3-5,7H,6H2,1-2H3,(H,14,18). The Morgan fingerprint density at radius 2 is 2.22 bits per heavy atom. The fourth-order valence-electron chi connectivity index (χ4n) is 1.69. The smallest absolute Gasteiger partial charge is 0.239 e. The minimum Gasteiger partial charge on any atom is -0.358 e. The predicted octanol–water partition coefficient (Wildman–Crippen LogP) is 0.951. The number of nitrogens with one attached hydrogen (secondary N) is 1. The van der Waals surface area contributed by atoms with Crippen molar-refractivity contribution < 1.29 is 9.18 Å². The molecule has 0 saturated carbocycles. The third-order valence-electron chi connectivity index (χ3n) is 2.60. The molecule has 0 atom stereocenters. The van der Waals surface area contributed by atoms with Crippen molar-refractivity contribution in [2.75, 3.05) is 25.5 Å². The second kappa shape index (κ2) is 4.95. The second-order valence-corrected chi connectivity index (χ2v) is 3.89. The maximum Gasteiger partial charge on any atom is 0.239 e. The van der Waals surface area contributed by atoms with E-state index in [0.29, 0.717) is 16.7 Å². The van der Waals surface area contributed by atoms with E-state index in [1.807, 2.05) is 0 Å². The van der Waals surface area contributed by atoms with Crippen molar-refractivity contribution in [3.63, 3.8) is 0 Å². The van der Waals surface area contributed by atoms with Crippen LogP contribution in [0, 0.1) is 5.82 Å². The number of rotatable bonds is 3. The normalized spacial score (nSPS) is 10.4. The SMILES string of the molecule is CNC(=O)CN(C)c1ncnc2ccc(F)cc12. The van der Waals surface area contributed by atoms with Crippen LogP contribution in [0.5, 0.6) is 0 Å². The summed E-state index contributed by atoms with van der Waals surface area (Å²) < 4.78 is 13.3. The second-order valence-electron chi connectivity index (χ2n) is 3.89. The van der Waals surface area contributed by atoms with Gasteiger partial charge in [0.2, 0.25) is 5.91 Å². The molecule has 0 unspecified atom stereocenters. The number of benzene rings is 1. The van der Waals surface area contributed by atoms with E-state index >= 15 is 0 Å². The monoisotopic (exact) mass is 248 g/mol. The van der Waals surface area contributed by atoms with Crippen molar-refractivity contribution in [2.45, 2.75) is 0 Å². The molecule has 0 fully saturated rings. The maximum atomic E-state index is 13.3. The Bertz CT molecular complexity index is 587. The zero-order valence-corrected chi connectivity index (χ0v) is 10.1. The first-order valence-corrected chi connectivity index (χ1v) is 5.44. The molecule has 2 rings (SSSR count). The van der Waals surface area contributed by atoms with Gasteiger partial charge in [0.05, 0.1) is 12.1 Å². The number of aromatic nitrogens is 2. The molecule has 5 nitrogen and oxygen atoms in total. The van der Waals surface area contributed by atoms with E-state index in [2.05, 4.69) is 15.3 Å². The van der Waals surface area contributed by atoms with E-state index in [-0.39, 0.29) is 18.3 Å². The van der Waals surface area contributed by atoms with Crippen molar-refractivity contribution in [2.24, 2.45) is 0 Å². The van der Waals surface area contributed by atoms with Gasteiger partial charge in [-0.25, -0.2) is 14.4 Å². The number of anilines is 1. The highest BCUT2D eigenvalue weighted by Gasteiger charge is 2.11. The maximum absolute atomic E-state index is 13.3. The Morgan fingerprint density at radius 1 is 1.44 bits per heavy atom. The lowest BCUT2D eigenvalue weighted by Crippen LogP contribution is -2.33. The van der Waals surface area contributed by atoms with Gasteiger partial charge in [0.25, 0.3) is 0 Å². The summed E-state index contributed by atoms with van der Waals surface area (Å²) in [5.41, 5.74) is 0.644. The van der Waals surface area contributed by atoms with Crippen molar-refractivity contribution in [3.05, 3.63) is 30.3 Å². The van der Waals surface area contributed by atoms with E-state index < -0.39 is 0 Å². The van der Waals surface area contributed by atoms with Crippen LogP contribution in [0.4, 0.5) is 10.2 Å². The number of fused-ring (bicyclic) bond motifs is 1. The molecular weight excluding hydrogens is 235 g/mol. The third-order valence-corrected chi connectivity index (χ3v) is 2.60. The number of hydrogen-bond donors (Lipinski definition) is 1. The van der Waals surface area contributed by atoms with Crippen LogP contribution in [0.1, 0.15) is 0 Å². The fourth-order valence-corrected chi connectivity index (χ4v) is 1.69. The lowest BCUT2D eigenvalue weighted by atomic mass is 10.2.